The smallest absolute Gasteiger partial charge is 0.0668 e. The minimum Gasteiger partial charge on any atom is -0.309 e. The summed E-state index contributed by atoms with van der Waals surface area (Å²) in [5.74, 6) is 0. The lowest BCUT2D eigenvalue weighted by Gasteiger charge is -2.15. The third-order valence-corrected chi connectivity index (χ3v) is 5.05. The molecule has 0 amide bonds. The average molecular weight is 257 g/mol. The van der Waals surface area contributed by atoms with Crippen LogP contribution in [0.15, 0.2) is 30.3 Å². The first-order chi connectivity index (χ1) is 8.78. The summed E-state index contributed by atoms with van der Waals surface area (Å²) in [6, 6.07) is 11.6. The summed E-state index contributed by atoms with van der Waals surface area (Å²) in [4.78, 5) is 3.07. The molecule has 1 heterocycles. The van der Waals surface area contributed by atoms with Crippen molar-refractivity contribution >= 4 is 11.3 Å². The van der Waals surface area contributed by atoms with Crippen molar-refractivity contribution < 1.29 is 0 Å². The lowest BCUT2D eigenvalue weighted by atomic mass is 10.0. The summed E-state index contributed by atoms with van der Waals surface area (Å²) >= 11 is 1.99. The van der Waals surface area contributed by atoms with E-state index in [0.717, 1.165) is 0 Å². The fraction of sp³-hybridized carbons (Fsp3) is 0.375. The Labute approximate surface area is 113 Å². The molecule has 2 heteroatoms. The van der Waals surface area contributed by atoms with Gasteiger partial charge in [0.15, 0.2) is 0 Å². The predicted molar refractivity (Wildman–Crippen MR) is 78.4 cm³/mol. The summed E-state index contributed by atoms with van der Waals surface area (Å²) in [6.07, 6.45) is 3.90. The number of fused-ring (bicyclic) bond motifs is 1. The van der Waals surface area contributed by atoms with E-state index in [1.165, 1.54) is 35.3 Å². The maximum atomic E-state index is 3.45. The van der Waals surface area contributed by atoms with Gasteiger partial charge in [-0.2, -0.15) is 0 Å². The quantitative estimate of drug-likeness (QED) is 0.880. The van der Waals surface area contributed by atoms with E-state index >= 15 is 0 Å². The third-order valence-electron chi connectivity index (χ3n) is 3.75. The molecule has 0 saturated carbocycles. The summed E-state index contributed by atoms with van der Waals surface area (Å²) in [6.45, 7) is 2.14. The van der Waals surface area contributed by atoms with E-state index in [0.29, 0.717) is 6.04 Å². The van der Waals surface area contributed by atoms with Crippen LogP contribution in [0.5, 0.6) is 0 Å². The highest BCUT2D eigenvalue weighted by molar-refractivity contribution is 7.12. The largest absolute Gasteiger partial charge is 0.309 e. The second-order valence-electron chi connectivity index (χ2n) is 5.08. The lowest BCUT2D eigenvalue weighted by Crippen LogP contribution is -2.16. The molecule has 94 valence electrons. The van der Waals surface area contributed by atoms with Crippen LogP contribution in [0.1, 0.15) is 38.9 Å². The fourth-order valence-electron chi connectivity index (χ4n) is 2.73. The van der Waals surface area contributed by atoms with Crippen molar-refractivity contribution in [3.63, 3.8) is 0 Å². The van der Waals surface area contributed by atoms with Crippen molar-refractivity contribution in [2.45, 2.75) is 32.2 Å². The molecular formula is C16H19NS. The summed E-state index contributed by atoms with van der Waals surface area (Å²) < 4.78 is 0. The standard InChI is InChI=1S/C16H19NS/c1-11-6-8-12(9-7-11)16(17-2)15-10-13-4-3-5-14(13)18-15/h6-10,16-17H,3-5H2,1-2H3. The van der Waals surface area contributed by atoms with E-state index in [9.17, 15) is 0 Å². The van der Waals surface area contributed by atoms with Gasteiger partial charge < -0.3 is 5.32 Å². The lowest BCUT2D eigenvalue weighted by molar-refractivity contribution is 0.703. The van der Waals surface area contributed by atoms with Crippen LogP contribution in [-0.4, -0.2) is 7.05 Å². The molecule has 0 fully saturated rings. The number of hydrogen-bond acceptors (Lipinski definition) is 2. The van der Waals surface area contributed by atoms with Gasteiger partial charge >= 0.3 is 0 Å². The van der Waals surface area contributed by atoms with Crippen LogP contribution in [0.4, 0.5) is 0 Å². The van der Waals surface area contributed by atoms with Crippen LogP contribution >= 0.6 is 11.3 Å². The van der Waals surface area contributed by atoms with E-state index in [2.05, 4.69) is 49.6 Å². The summed E-state index contributed by atoms with van der Waals surface area (Å²) in [5.41, 5.74) is 4.27. The van der Waals surface area contributed by atoms with Crippen molar-refractivity contribution in [1.29, 1.82) is 0 Å². The molecule has 1 aliphatic rings. The van der Waals surface area contributed by atoms with Gasteiger partial charge in [-0.05, 0) is 50.4 Å². The second kappa shape index (κ2) is 4.87. The van der Waals surface area contributed by atoms with Gasteiger partial charge in [0.2, 0.25) is 0 Å². The van der Waals surface area contributed by atoms with Gasteiger partial charge in [-0.1, -0.05) is 29.8 Å². The predicted octanol–water partition coefficient (Wildman–Crippen LogP) is 3.85. The van der Waals surface area contributed by atoms with Crippen LogP contribution in [0.2, 0.25) is 0 Å². The van der Waals surface area contributed by atoms with Gasteiger partial charge in [0, 0.05) is 9.75 Å². The van der Waals surface area contributed by atoms with E-state index in [4.69, 9.17) is 0 Å². The maximum Gasteiger partial charge on any atom is 0.0668 e. The topological polar surface area (TPSA) is 12.0 Å². The van der Waals surface area contributed by atoms with Crippen LogP contribution in [-0.2, 0) is 12.8 Å². The van der Waals surface area contributed by atoms with Crippen LogP contribution in [0, 0.1) is 6.92 Å². The van der Waals surface area contributed by atoms with Crippen molar-refractivity contribution in [3.05, 3.63) is 56.8 Å². The third kappa shape index (κ3) is 2.11. The fourth-order valence-corrected chi connectivity index (χ4v) is 4.12. The molecule has 2 aromatic rings. The highest BCUT2D eigenvalue weighted by atomic mass is 32.1. The number of aryl methyl sites for hydroxylation is 3. The Morgan fingerprint density at radius 3 is 2.61 bits per heavy atom. The maximum absolute atomic E-state index is 3.45. The molecule has 1 N–H and O–H groups in total. The zero-order valence-corrected chi connectivity index (χ0v) is 11.8. The van der Waals surface area contributed by atoms with Gasteiger partial charge in [-0.25, -0.2) is 0 Å². The Morgan fingerprint density at radius 1 is 1.17 bits per heavy atom. The number of hydrogen-bond donors (Lipinski definition) is 1. The second-order valence-corrected chi connectivity index (χ2v) is 6.25. The van der Waals surface area contributed by atoms with Gasteiger partial charge in [0.05, 0.1) is 6.04 Å². The van der Waals surface area contributed by atoms with Crippen molar-refractivity contribution in [3.8, 4) is 0 Å². The molecule has 1 atom stereocenters. The molecule has 18 heavy (non-hydrogen) atoms. The Kier molecular flexibility index (Phi) is 3.23. The van der Waals surface area contributed by atoms with Gasteiger partial charge in [-0.15, -0.1) is 11.3 Å². The zero-order valence-electron chi connectivity index (χ0n) is 11.0. The first-order valence-corrected chi connectivity index (χ1v) is 7.45. The molecule has 0 spiro atoms. The Morgan fingerprint density at radius 2 is 1.94 bits per heavy atom. The number of rotatable bonds is 3. The molecule has 0 aliphatic heterocycles. The molecule has 0 saturated heterocycles. The van der Waals surface area contributed by atoms with Gasteiger partial charge in [0.1, 0.15) is 0 Å². The van der Waals surface area contributed by atoms with E-state index in [1.54, 1.807) is 10.4 Å². The molecule has 1 unspecified atom stereocenters. The highest BCUT2D eigenvalue weighted by Crippen LogP contribution is 2.35. The highest BCUT2D eigenvalue weighted by Gasteiger charge is 2.20. The molecule has 1 aliphatic carbocycles. The van der Waals surface area contributed by atoms with Crippen LogP contribution < -0.4 is 5.32 Å². The molecule has 1 aromatic carbocycles. The first-order valence-electron chi connectivity index (χ1n) is 6.63. The van der Waals surface area contributed by atoms with Gasteiger partial charge in [0.25, 0.3) is 0 Å². The molecule has 1 aromatic heterocycles. The van der Waals surface area contributed by atoms with Crippen molar-refractivity contribution in [2.24, 2.45) is 0 Å². The first kappa shape index (κ1) is 11.9. The van der Waals surface area contributed by atoms with Crippen molar-refractivity contribution in [2.75, 3.05) is 7.05 Å². The minimum absolute atomic E-state index is 0.348. The van der Waals surface area contributed by atoms with E-state index < -0.39 is 0 Å². The van der Waals surface area contributed by atoms with E-state index in [1.807, 2.05) is 11.3 Å². The minimum atomic E-state index is 0.348. The van der Waals surface area contributed by atoms with Gasteiger partial charge in [-0.3, -0.25) is 0 Å². The van der Waals surface area contributed by atoms with Crippen molar-refractivity contribution in [1.82, 2.24) is 5.32 Å². The average Bonchev–Trinajstić information content (AvgIpc) is 2.93. The molecule has 1 nitrogen and oxygen atoms in total. The van der Waals surface area contributed by atoms with Crippen LogP contribution in [0.3, 0.4) is 0 Å². The monoisotopic (exact) mass is 257 g/mol. The molecule has 0 radical (unpaired) electrons. The summed E-state index contributed by atoms with van der Waals surface area (Å²) in [5, 5.41) is 3.45. The SMILES string of the molecule is CNC(c1ccc(C)cc1)c1cc2c(s1)CCC2. The Balaban J connectivity index is 1.93. The molecular weight excluding hydrogens is 238 g/mol. The van der Waals surface area contributed by atoms with E-state index in [-0.39, 0.29) is 0 Å². The molecule has 0 bridgehead atoms. The normalized spacial score (nSPS) is 15.7. The number of nitrogens with one attached hydrogen (secondary N) is 1. The zero-order chi connectivity index (χ0) is 12.5. The number of thiophene rings is 1. The summed E-state index contributed by atoms with van der Waals surface area (Å²) in [7, 11) is 2.05. The molecule has 3 rings (SSSR count). The van der Waals surface area contributed by atoms with Crippen LogP contribution in [0.25, 0.3) is 0 Å². The Hall–Kier alpha value is -1.12. The Bertz CT molecular complexity index is 517. The number of benzene rings is 1.